The molecule has 1 aliphatic rings. The van der Waals surface area contributed by atoms with E-state index in [1.165, 1.54) is 32.1 Å². The van der Waals surface area contributed by atoms with Gasteiger partial charge in [-0.05, 0) is 45.6 Å². The maximum Gasteiger partial charge on any atom is 0.0553 e. The van der Waals surface area contributed by atoms with Gasteiger partial charge in [-0.25, -0.2) is 0 Å². The summed E-state index contributed by atoms with van der Waals surface area (Å²) in [4.78, 5) is 0. The number of hydrogen-bond donors (Lipinski definition) is 1. The molecule has 0 radical (unpaired) electrons. The van der Waals surface area contributed by atoms with E-state index in [2.05, 4.69) is 13.8 Å². The highest BCUT2D eigenvalue weighted by Gasteiger charge is 2.23. The Morgan fingerprint density at radius 1 is 1.15 bits per heavy atom. The van der Waals surface area contributed by atoms with Crippen LogP contribution in [0.15, 0.2) is 0 Å². The predicted molar refractivity (Wildman–Crippen MR) is 55.6 cm³/mol. The van der Waals surface area contributed by atoms with E-state index in [0.29, 0.717) is 12.2 Å². The Bertz CT molecular complexity index is 128. The Balaban J connectivity index is 2.17. The molecule has 0 spiro atoms. The van der Waals surface area contributed by atoms with Crippen molar-refractivity contribution in [2.45, 2.75) is 58.2 Å². The number of rotatable bonds is 4. The van der Waals surface area contributed by atoms with Gasteiger partial charge in [0.2, 0.25) is 0 Å². The Kier molecular flexibility index (Phi) is 4.74. The molecular formula is C11H23NO. The summed E-state index contributed by atoms with van der Waals surface area (Å²) in [6.07, 6.45) is 7.23. The van der Waals surface area contributed by atoms with Gasteiger partial charge in [0.05, 0.1) is 12.2 Å². The van der Waals surface area contributed by atoms with E-state index in [1.807, 2.05) is 0 Å². The lowest BCUT2D eigenvalue weighted by atomic mass is 9.88. The molecule has 0 saturated carbocycles. The lowest BCUT2D eigenvalue weighted by Gasteiger charge is -2.32. The fourth-order valence-corrected chi connectivity index (χ4v) is 2.36. The van der Waals surface area contributed by atoms with Gasteiger partial charge in [0.1, 0.15) is 0 Å². The van der Waals surface area contributed by atoms with E-state index >= 15 is 0 Å². The molecule has 1 heterocycles. The summed E-state index contributed by atoms with van der Waals surface area (Å²) < 4.78 is 5.70. The molecule has 0 aromatic heterocycles. The summed E-state index contributed by atoms with van der Waals surface area (Å²) in [5.74, 6) is 0.880. The molecule has 1 rings (SSSR count). The molecule has 0 aliphatic carbocycles. The van der Waals surface area contributed by atoms with Crippen molar-refractivity contribution in [2.75, 3.05) is 6.54 Å². The lowest BCUT2D eigenvalue weighted by molar-refractivity contribution is -0.0537. The van der Waals surface area contributed by atoms with E-state index in [-0.39, 0.29) is 0 Å². The monoisotopic (exact) mass is 185 g/mol. The minimum atomic E-state index is 0.464. The first-order valence-electron chi connectivity index (χ1n) is 5.58. The zero-order valence-electron chi connectivity index (χ0n) is 8.96. The summed E-state index contributed by atoms with van der Waals surface area (Å²) in [5.41, 5.74) is 5.47. The van der Waals surface area contributed by atoms with Crippen LogP contribution in [0, 0.1) is 5.92 Å². The first-order chi connectivity index (χ1) is 6.22. The molecule has 1 saturated heterocycles. The molecule has 0 bridgehead atoms. The summed E-state index contributed by atoms with van der Waals surface area (Å²) >= 11 is 0. The van der Waals surface area contributed by atoms with Gasteiger partial charge < -0.3 is 10.5 Å². The normalized spacial score (nSPS) is 34.8. The Hall–Kier alpha value is -0.0800. The molecule has 1 fully saturated rings. The molecular weight excluding hydrogens is 162 g/mol. The number of hydrogen-bond acceptors (Lipinski definition) is 2. The molecule has 0 amide bonds. The standard InChI is InChI=1S/C11H23NO/c1-9-7-11(5-3-4-6-12)8-10(2)13-9/h9-11H,3-8,12H2,1-2H3. The summed E-state index contributed by atoms with van der Waals surface area (Å²) in [6, 6.07) is 0. The van der Waals surface area contributed by atoms with Crippen LogP contribution in [0.5, 0.6) is 0 Å². The summed E-state index contributed by atoms with van der Waals surface area (Å²) in [6.45, 7) is 5.21. The molecule has 1 aliphatic heterocycles. The van der Waals surface area contributed by atoms with Gasteiger partial charge in [-0.3, -0.25) is 0 Å². The molecule has 2 unspecified atom stereocenters. The van der Waals surface area contributed by atoms with Crippen molar-refractivity contribution in [3.05, 3.63) is 0 Å². The van der Waals surface area contributed by atoms with Crippen LogP contribution < -0.4 is 5.73 Å². The highest BCUT2D eigenvalue weighted by Crippen LogP contribution is 2.28. The van der Waals surface area contributed by atoms with E-state index in [4.69, 9.17) is 10.5 Å². The number of nitrogens with two attached hydrogens (primary N) is 1. The van der Waals surface area contributed by atoms with E-state index in [1.54, 1.807) is 0 Å². The molecule has 0 aromatic carbocycles. The van der Waals surface area contributed by atoms with Crippen LogP contribution in [-0.2, 0) is 4.74 Å². The van der Waals surface area contributed by atoms with Gasteiger partial charge in [-0.1, -0.05) is 12.8 Å². The first-order valence-corrected chi connectivity index (χ1v) is 5.58. The van der Waals surface area contributed by atoms with Crippen molar-refractivity contribution in [2.24, 2.45) is 11.7 Å². The first kappa shape index (κ1) is 11.0. The fourth-order valence-electron chi connectivity index (χ4n) is 2.36. The molecule has 2 heteroatoms. The zero-order valence-corrected chi connectivity index (χ0v) is 8.96. The van der Waals surface area contributed by atoms with Crippen LogP contribution in [0.25, 0.3) is 0 Å². The molecule has 0 aromatic rings. The van der Waals surface area contributed by atoms with Crippen LogP contribution in [0.2, 0.25) is 0 Å². The van der Waals surface area contributed by atoms with Crippen molar-refractivity contribution >= 4 is 0 Å². The highest BCUT2D eigenvalue weighted by molar-refractivity contribution is 4.73. The highest BCUT2D eigenvalue weighted by atomic mass is 16.5. The van der Waals surface area contributed by atoms with Gasteiger partial charge in [-0.15, -0.1) is 0 Å². The van der Waals surface area contributed by atoms with E-state index in [0.717, 1.165) is 12.5 Å². The van der Waals surface area contributed by atoms with Crippen molar-refractivity contribution in [1.82, 2.24) is 0 Å². The van der Waals surface area contributed by atoms with Crippen molar-refractivity contribution < 1.29 is 4.74 Å². The van der Waals surface area contributed by atoms with Crippen LogP contribution >= 0.6 is 0 Å². The summed E-state index contributed by atoms with van der Waals surface area (Å²) in [7, 11) is 0. The lowest BCUT2D eigenvalue weighted by Crippen LogP contribution is -2.29. The van der Waals surface area contributed by atoms with Crippen molar-refractivity contribution in [1.29, 1.82) is 0 Å². The SMILES string of the molecule is CC1CC(CCCCN)CC(C)O1. The second kappa shape index (κ2) is 5.61. The molecule has 2 N–H and O–H groups in total. The summed E-state index contributed by atoms with van der Waals surface area (Å²) in [5, 5.41) is 0. The Labute approximate surface area is 81.8 Å². The number of unbranched alkanes of at least 4 members (excludes halogenated alkanes) is 1. The van der Waals surface area contributed by atoms with E-state index < -0.39 is 0 Å². The molecule has 2 nitrogen and oxygen atoms in total. The average Bonchev–Trinajstić information content (AvgIpc) is 2.03. The van der Waals surface area contributed by atoms with Gasteiger partial charge in [0.25, 0.3) is 0 Å². The fraction of sp³-hybridized carbons (Fsp3) is 1.00. The molecule has 13 heavy (non-hydrogen) atoms. The third-order valence-corrected chi connectivity index (χ3v) is 2.86. The predicted octanol–water partition coefficient (Wildman–Crippen LogP) is 2.32. The number of ether oxygens (including phenoxy) is 1. The van der Waals surface area contributed by atoms with Gasteiger partial charge >= 0.3 is 0 Å². The van der Waals surface area contributed by atoms with Crippen LogP contribution in [-0.4, -0.2) is 18.8 Å². The maximum atomic E-state index is 5.70. The van der Waals surface area contributed by atoms with Crippen LogP contribution in [0.4, 0.5) is 0 Å². The average molecular weight is 185 g/mol. The Morgan fingerprint density at radius 3 is 2.31 bits per heavy atom. The zero-order chi connectivity index (χ0) is 9.68. The third-order valence-electron chi connectivity index (χ3n) is 2.86. The van der Waals surface area contributed by atoms with Crippen LogP contribution in [0.1, 0.15) is 46.0 Å². The Morgan fingerprint density at radius 2 is 1.77 bits per heavy atom. The third kappa shape index (κ3) is 4.10. The minimum Gasteiger partial charge on any atom is -0.376 e. The minimum absolute atomic E-state index is 0.464. The molecule has 2 atom stereocenters. The topological polar surface area (TPSA) is 35.2 Å². The largest absolute Gasteiger partial charge is 0.376 e. The van der Waals surface area contributed by atoms with Crippen molar-refractivity contribution in [3.8, 4) is 0 Å². The second-order valence-electron chi connectivity index (χ2n) is 4.38. The van der Waals surface area contributed by atoms with Gasteiger partial charge in [0, 0.05) is 0 Å². The van der Waals surface area contributed by atoms with Gasteiger partial charge in [0.15, 0.2) is 0 Å². The van der Waals surface area contributed by atoms with Gasteiger partial charge in [-0.2, -0.15) is 0 Å². The van der Waals surface area contributed by atoms with E-state index in [9.17, 15) is 0 Å². The molecule has 78 valence electrons. The quantitative estimate of drug-likeness (QED) is 0.682. The smallest absolute Gasteiger partial charge is 0.0553 e. The maximum absolute atomic E-state index is 5.70. The second-order valence-corrected chi connectivity index (χ2v) is 4.38. The van der Waals surface area contributed by atoms with Crippen molar-refractivity contribution in [3.63, 3.8) is 0 Å². The van der Waals surface area contributed by atoms with Crippen LogP contribution in [0.3, 0.4) is 0 Å².